The van der Waals surface area contributed by atoms with E-state index < -0.39 is 5.97 Å². The molecule has 0 atom stereocenters. The Bertz CT molecular complexity index is 891. The number of nitrogens with zero attached hydrogens (tertiary/aromatic N) is 1. The van der Waals surface area contributed by atoms with Crippen LogP contribution in [0.1, 0.15) is 40.5 Å². The van der Waals surface area contributed by atoms with Crippen molar-refractivity contribution >= 4 is 33.7 Å². The first-order chi connectivity index (χ1) is 13.4. The molecule has 2 aromatic carbocycles. The SMILES string of the molecule is CC(=O)Oc1cccc(C(=O)NC2CCN(C(=O)c3ccccc3Br)CC2)c1. The smallest absolute Gasteiger partial charge is 0.308 e. The highest BCUT2D eigenvalue weighted by atomic mass is 79.9. The number of nitrogens with one attached hydrogen (secondary N) is 1. The molecule has 0 aliphatic carbocycles. The predicted octanol–water partition coefficient (Wildman–Crippen LogP) is 3.41. The van der Waals surface area contributed by atoms with Gasteiger partial charge < -0.3 is 15.0 Å². The van der Waals surface area contributed by atoms with E-state index in [1.54, 1.807) is 30.3 Å². The molecule has 146 valence electrons. The molecule has 0 saturated carbocycles. The number of hydrogen-bond acceptors (Lipinski definition) is 4. The number of amides is 2. The molecule has 1 N–H and O–H groups in total. The maximum atomic E-state index is 12.7. The van der Waals surface area contributed by atoms with Gasteiger partial charge in [0.25, 0.3) is 11.8 Å². The van der Waals surface area contributed by atoms with Gasteiger partial charge in [0, 0.05) is 36.1 Å². The third kappa shape index (κ3) is 4.98. The minimum absolute atomic E-state index is 0.00635. The van der Waals surface area contributed by atoms with Crippen LogP contribution in [0.15, 0.2) is 53.0 Å². The minimum atomic E-state index is -0.431. The lowest BCUT2D eigenvalue weighted by Crippen LogP contribution is -2.46. The van der Waals surface area contributed by atoms with Crippen LogP contribution >= 0.6 is 15.9 Å². The summed E-state index contributed by atoms with van der Waals surface area (Å²) in [7, 11) is 0. The molecule has 2 amide bonds. The van der Waals surface area contributed by atoms with Crippen LogP contribution in [-0.4, -0.2) is 41.8 Å². The second kappa shape index (κ2) is 9.01. The molecule has 2 aromatic rings. The fourth-order valence-corrected chi connectivity index (χ4v) is 3.62. The number of ether oxygens (including phenoxy) is 1. The summed E-state index contributed by atoms with van der Waals surface area (Å²) >= 11 is 3.42. The third-order valence-electron chi connectivity index (χ3n) is 4.58. The number of carbonyl (C=O) groups excluding carboxylic acids is 3. The number of benzene rings is 2. The highest BCUT2D eigenvalue weighted by Gasteiger charge is 2.25. The highest BCUT2D eigenvalue weighted by molar-refractivity contribution is 9.10. The molecule has 1 aliphatic heterocycles. The molecule has 0 spiro atoms. The maximum absolute atomic E-state index is 12.7. The summed E-state index contributed by atoms with van der Waals surface area (Å²) in [6.07, 6.45) is 1.37. The van der Waals surface area contributed by atoms with Gasteiger partial charge >= 0.3 is 5.97 Å². The summed E-state index contributed by atoms with van der Waals surface area (Å²) < 4.78 is 5.80. The van der Waals surface area contributed by atoms with Gasteiger partial charge in [-0.2, -0.15) is 0 Å². The normalized spacial score (nSPS) is 14.4. The van der Waals surface area contributed by atoms with E-state index in [0.29, 0.717) is 42.8 Å². The Balaban J connectivity index is 1.55. The van der Waals surface area contributed by atoms with E-state index in [9.17, 15) is 14.4 Å². The summed E-state index contributed by atoms with van der Waals surface area (Å²) in [5.41, 5.74) is 1.08. The van der Waals surface area contributed by atoms with E-state index in [0.717, 1.165) is 4.47 Å². The van der Waals surface area contributed by atoms with Crippen LogP contribution in [-0.2, 0) is 4.79 Å². The van der Waals surface area contributed by atoms with Crippen molar-refractivity contribution in [3.8, 4) is 5.75 Å². The van der Waals surface area contributed by atoms with E-state index in [-0.39, 0.29) is 17.9 Å². The summed E-state index contributed by atoms with van der Waals surface area (Å²) in [4.78, 5) is 38.0. The summed E-state index contributed by atoms with van der Waals surface area (Å²) in [5.74, 6) is -0.315. The van der Waals surface area contributed by atoms with Crippen LogP contribution in [0.25, 0.3) is 0 Å². The van der Waals surface area contributed by atoms with E-state index in [1.165, 1.54) is 6.92 Å². The zero-order valence-corrected chi connectivity index (χ0v) is 17.1. The van der Waals surface area contributed by atoms with Crippen LogP contribution in [0.5, 0.6) is 5.75 Å². The van der Waals surface area contributed by atoms with Crippen molar-refractivity contribution in [2.75, 3.05) is 13.1 Å². The predicted molar refractivity (Wildman–Crippen MR) is 108 cm³/mol. The van der Waals surface area contributed by atoms with Crippen LogP contribution in [0.3, 0.4) is 0 Å². The van der Waals surface area contributed by atoms with Gasteiger partial charge in [-0.25, -0.2) is 0 Å². The van der Waals surface area contributed by atoms with Gasteiger partial charge in [-0.1, -0.05) is 18.2 Å². The fourth-order valence-electron chi connectivity index (χ4n) is 3.17. The third-order valence-corrected chi connectivity index (χ3v) is 5.27. The van der Waals surface area contributed by atoms with Gasteiger partial charge in [-0.15, -0.1) is 0 Å². The Labute approximate surface area is 172 Å². The molecule has 0 aromatic heterocycles. The van der Waals surface area contributed by atoms with E-state index in [4.69, 9.17) is 4.74 Å². The topological polar surface area (TPSA) is 75.7 Å². The molecule has 0 unspecified atom stereocenters. The number of esters is 1. The Morgan fingerprint density at radius 2 is 1.79 bits per heavy atom. The van der Waals surface area contributed by atoms with Crippen molar-refractivity contribution in [1.82, 2.24) is 10.2 Å². The quantitative estimate of drug-likeness (QED) is 0.578. The van der Waals surface area contributed by atoms with Crippen molar-refractivity contribution in [2.45, 2.75) is 25.8 Å². The molecule has 3 rings (SSSR count). The zero-order valence-electron chi connectivity index (χ0n) is 15.5. The van der Waals surface area contributed by atoms with Crippen molar-refractivity contribution < 1.29 is 19.1 Å². The molecule has 7 heteroatoms. The zero-order chi connectivity index (χ0) is 20.1. The first kappa shape index (κ1) is 20.1. The van der Waals surface area contributed by atoms with Gasteiger partial charge in [0.05, 0.1) is 5.56 Å². The van der Waals surface area contributed by atoms with Crippen molar-refractivity contribution in [3.05, 3.63) is 64.1 Å². The minimum Gasteiger partial charge on any atom is -0.427 e. The monoisotopic (exact) mass is 444 g/mol. The molecule has 1 aliphatic rings. The number of likely N-dealkylation sites (tertiary alicyclic amines) is 1. The van der Waals surface area contributed by atoms with Gasteiger partial charge in [0.1, 0.15) is 5.75 Å². The fraction of sp³-hybridized carbons (Fsp3) is 0.286. The number of halogens is 1. The number of rotatable bonds is 4. The van der Waals surface area contributed by atoms with Gasteiger partial charge in [-0.3, -0.25) is 14.4 Å². The molecular formula is C21H21BrN2O4. The maximum Gasteiger partial charge on any atom is 0.308 e. The summed E-state index contributed by atoms with van der Waals surface area (Å²) in [6.45, 7) is 2.48. The summed E-state index contributed by atoms with van der Waals surface area (Å²) in [5, 5.41) is 3.00. The molecule has 1 fully saturated rings. The molecule has 1 saturated heterocycles. The highest BCUT2D eigenvalue weighted by Crippen LogP contribution is 2.21. The second-order valence-electron chi connectivity index (χ2n) is 6.64. The van der Waals surface area contributed by atoms with Gasteiger partial charge in [0.2, 0.25) is 0 Å². The lowest BCUT2D eigenvalue weighted by atomic mass is 10.0. The Kier molecular flexibility index (Phi) is 6.46. The average Bonchev–Trinajstić information content (AvgIpc) is 2.68. The standard InChI is InChI=1S/C21H21BrN2O4/c1-14(25)28-17-6-4-5-15(13-17)20(26)23-16-9-11-24(12-10-16)21(27)18-7-2-3-8-19(18)22/h2-8,13,16H,9-12H2,1H3,(H,23,26). The lowest BCUT2D eigenvalue weighted by Gasteiger charge is -2.32. The Hall–Kier alpha value is -2.67. The van der Waals surface area contributed by atoms with Gasteiger partial charge in [-0.05, 0) is 59.1 Å². The average molecular weight is 445 g/mol. The van der Waals surface area contributed by atoms with Crippen molar-refractivity contribution in [1.29, 1.82) is 0 Å². The molecule has 0 bridgehead atoms. The molecular weight excluding hydrogens is 424 g/mol. The van der Waals surface area contributed by atoms with E-state index in [2.05, 4.69) is 21.2 Å². The second-order valence-corrected chi connectivity index (χ2v) is 7.50. The first-order valence-electron chi connectivity index (χ1n) is 9.07. The lowest BCUT2D eigenvalue weighted by molar-refractivity contribution is -0.131. The van der Waals surface area contributed by atoms with Gasteiger partial charge in [0.15, 0.2) is 0 Å². The van der Waals surface area contributed by atoms with E-state index in [1.807, 2.05) is 23.1 Å². The first-order valence-corrected chi connectivity index (χ1v) is 9.86. The Morgan fingerprint density at radius 3 is 2.46 bits per heavy atom. The molecule has 0 radical (unpaired) electrons. The van der Waals surface area contributed by atoms with Crippen molar-refractivity contribution in [2.24, 2.45) is 0 Å². The van der Waals surface area contributed by atoms with Crippen LogP contribution in [0.4, 0.5) is 0 Å². The van der Waals surface area contributed by atoms with Crippen LogP contribution in [0.2, 0.25) is 0 Å². The molecule has 28 heavy (non-hydrogen) atoms. The Morgan fingerprint density at radius 1 is 1.07 bits per heavy atom. The van der Waals surface area contributed by atoms with E-state index >= 15 is 0 Å². The molecule has 6 nitrogen and oxygen atoms in total. The number of hydrogen-bond donors (Lipinski definition) is 1. The van der Waals surface area contributed by atoms with Crippen molar-refractivity contribution in [3.63, 3.8) is 0 Å². The van der Waals surface area contributed by atoms with Crippen LogP contribution in [0, 0.1) is 0 Å². The number of carbonyl (C=O) groups is 3. The summed E-state index contributed by atoms with van der Waals surface area (Å²) in [6, 6.07) is 13.9. The molecule has 1 heterocycles. The number of piperidine rings is 1. The largest absolute Gasteiger partial charge is 0.427 e. The van der Waals surface area contributed by atoms with Crippen LogP contribution < -0.4 is 10.1 Å².